The second-order valence-corrected chi connectivity index (χ2v) is 9.80. The van der Waals surface area contributed by atoms with Crippen LogP contribution in [0.2, 0.25) is 0 Å². The number of aliphatic hydroxyl groups is 1. The van der Waals surface area contributed by atoms with Crippen molar-refractivity contribution in [3.63, 3.8) is 0 Å². The quantitative estimate of drug-likeness (QED) is 0.815. The molecule has 160 valence electrons. The fourth-order valence-electron chi connectivity index (χ4n) is 4.78. The Balaban J connectivity index is 1.48. The highest BCUT2D eigenvalue weighted by molar-refractivity contribution is 5.81. The Morgan fingerprint density at radius 1 is 1.20 bits per heavy atom. The van der Waals surface area contributed by atoms with E-state index in [1.54, 1.807) is 4.90 Å². The number of nitrogens with one attached hydrogen (secondary N) is 1. The van der Waals surface area contributed by atoms with Crippen LogP contribution in [0, 0.1) is 0 Å². The lowest BCUT2D eigenvalue weighted by Gasteiger charge is -2.40. The van der Waals surface area contributed by atoms with Crippen molar-refractivity contribution in [3.8, 4) is 0 Å². The molecule has 1 aliphatic heterocycles. The number of rotatable bonds is 3. The third kappa shape index (κ3) is 3.81. The van der Waals surface area contributed by atoms with Crippen LogP contribution < -0.4 is 5.56 Å². The predicted octanol–water partition coefficient (Wildman–Crippen LogP) is 2.48. The minimum atomic E-state index is -1.02. The van der Waals surface area contributed by atoms with E-state index in [0.29, 0.717) is 19.5 Å². The van der Waals surface area contributed by atoms with Gasteiger partial charge in [-0.25, -0.2) is 4.98 Å². The number of aromatic nitrogens is 2. The number of H-pyrrole nitrogens is 1. The minimum absolute atomic E-state index is 0.0152. The van der Waals surface area contributed by atoms with Gasteiger partial charge in [0.05, 0.1) is 5.69 Å². The Labute approximate surface area is 177 Å². The fraction of sp³-hybridized carbons (Fsp3) is 0.542. The molecular weight excluding hydrogens is 378 g/mol. The zero-order valence-electron chi connectivity index (χ0n) is 18.1. The Kier molecular flexibility index (Phi) is 5.30. The number of fused-ring (bicyclic) bond motifs is 2. The second kappa shape index (κ2) is 7.65. The Bertz CT molecular complexity index is 983. The zero-order chi connectivity index (χ0) is 21.5. The van der Waals surface area contributed by atoms with Gasteiger partial charge in [0.25, 0.3) is 11.5 Å². The number of aliphatic hydroxyl groups excluding tert-OH is 1. The number of hydrogen-bond acceptors (Lipinski definition) is 4. The summed E-state index contributed by atoms with van der Waals surface area (Å²) in [6.45, 7) is 7.32. The molecular formula is C24H31N3O3. The number of carbonyl (C=O) groups excluding carboxylic acids is 1. The monoisotopic (exact) mass is 409 g/mol. The Morgan fingerprint density at radius 2 is 1.87 bits per heavy atom. The minimum Gasteiger partial charge on any atom is -0.383 e. The average Bonchev–Trinajstić information content (AvgIpc) is 3.07. The lowest BCUT2D eigenvalue weighted by atomic mass is 9.76. The molecule has 0 radical (unpaired) electrons. The summed E-state index contributed by atoms with van der Waals surface area (Å²) in [5.41, 5.74) is 2.33. The fourth-order valence-corrected chi connectivity index (χ4v) is 4.78. The van der Waals surface area contributed by atoms with E-state index in [1.807, 2.05) is 30.3 Å². The standard InChI is InChI=1S/C24H31N3O3/c1-23(2,3)22-25-19-17(20(29)26-22)9-10-24(19)11-13-27(14-12-24)21(30)18(28)15-16-7-5-4-6-8-16/h4-8,18,28H,9-15H2,1-3H3,(H,25,26,29)/t18-/m0/s1. The topological polar surface area (TPSA) is 86.3 Å². The summed E-state index contributed by atoms with van der Waals surface area (Å²) < 4.78 is 0. The van der Waals surface area contributed by atoms with Gasteiger partial charge >= 0.3 is 0 Å². The van der Waals surface area contributed by atoms with Crippen molar-refractivity contribution in [3.05, 3.63) is 63.3 Å². The summed E-state index contributed by atoms with van der Waals surface area (Å²) in [5, 5.41) is 10.5. The normalized spacial score (nSPS) is 19.0. The summed E-state index contributed by atoms with van der Waals surface area (Å²) in [6, 6.07) is 9.59. The number of hydrogen-bond donors (Lipinski definition) is 2. The summed E-state index contributed by atoms with van der Waals surface area (Å²) in [5.74, 6) is 0.519. The van der Waals surface area contributed by atoms with E-state index in [9.17, 15) is 14.7 Å². The van der Waals surface area contributed by atoms with Gasteiger partial charge in [-0.05, 0) is 31.2 Å². The molecule has 1 fully saturated rings. The molecule has 4 rings (SSSR count). The van der Waals surface area contributed by atoms with E-state index in [0.717, 1.165) is 48.3 Å². The highest BCUT2D eigenvalue weighted by Gasteiger charge is 2.45. The first-order valence-corrected chi connectivity index (χ1v) is 10.8. The lowest BCUT2D eigenvalue weighted by molar-refractivity contribution is -0.141. The summed E-state index contributed by atoms with van der Waals surface area (Å²) in [7, 11) is 0. The summed E-state index contributed by atoms with van der Waals surface area (Å²) in [4.78, 5) is 35.1. The van der Waals surface area contributed by atoms with Crippen LogP contribution in [0.4, 0.5) is 0 Å². The van der Waals surface area contributed by atoms with E-state index in [-0.39, 0.29) is 22.3 Å². The molecule has 1 amide bonds. The lowest BCUT2D eigenvalue weighted by Crippen LogP contribution is -2.48. The van der Waals surface area contributed by atoms with Crippen LogP contribution in [0.15, 0.2) is 35.1 Å². The van der Waals surface area contributed by atoms with E-state index in [4.69, 9.17) is 4.98 Å². The maximum atomic E-state index is 12.8. The molecule has 0 saturated carbocycles. The Morgan fingerprint density at radius 3 is 2.50 bits per heavy atom. The summed E-state index contributed by atoms with van der Waals surface area (Å²) >= 11 is 0. The molecule has 0 unspecified atom stereocenters. The van der Waals surface area contributed by atoms with Crippen LogP contribution in [0.3, 0.4) is 0 Å². The number of amides is 1. The van der Waals surface area contributed by atoms with Crippen molar-refractivity contribution in [2.75, 3.05) is 13.1 Å². The SMILES string of the molecule is CC(C)(C)c1nc2c(c(=O)[nH]1)CCC21CCN(C(=O)[C@@H](O)Cc2ccccc2)CC1. The van der Waals surface area contributed by atoms with Crippen LogP contribution in [-0.4, -0.2) is 45.1 Å². The van der Waals surface area contributed by atoms with Gasteiger partial charge in [-0.1, -0.05) is 51.1 Å². The number of benzene rings is 1. The van der Waals surface area contributed by atoms with Gasteiger partial charge in [-0.15, -0.1) is 0 Å². The summed E-state index contributed by atoms with van der Waals surface area (Å²) in [6.07, 6.45) is 2.52. The predicted molar refractivity (Wildman–Crippen MR) is 116 cm³/mol. The maximum Gasteiger partial charge on any atom is 0.254 e. The molecule has 0 bridgehead atoms. The first kappa shape index (κ1) is 20.8. The van der Waals surface area contributed by atoms with Crippen molar-refractivity contribution in [2.24, 2.45) is 0 Å². The first-order valence-electron chi connectivity index (χ1n) is 10.8. The van der Waals surface area contributed by atoms with Crippen LogP contribution in [0.1, 0.15) is 62.7 Å². The molecule has 2 heterocycles. The van der Waals surface area contributed by atoms with Crippen molar-refractivity contribution in [2.45, 2.75) is 69.8 Å². The number of carbonyl (C=O) groups is 1. The molecule has 1 aromatic heterocycles. The first-order chi connectivity index (χ1) is 14.2. The third-order valence-electron chi connectivity index (χ3n) is 6.67. The van der Waals surface area contributed by atoms with E-state index < -0.39 is 6.10 Å². The second-order valence-electron chi connectivity index (χ2n) is 9.80. The van der Waals surface area contributed by atoms with E-state index in [1.165, 1.54) is 0 Å². The number of nitrogens with zero attached hydrogens (tertiary/aromatic N) is 2. The average molecular weight is 410 g/mol. The molecule has 2 aliphatic rings. The molecule has 1 aliphatic carbocycles. The van der Waals surface area contributed by atoms with Gasteiger partial charge in [0.15, 0.2) is 0 Å². The van der Waals surface area contributed by atoms with Crippen molar-refractivity contribution in [1.29, 1.82) is 0 Å². The third-order valence-corrected chi connectivity index (χ3v) is 6.67. The van der Waals surface area contributed by atoms with Gasteiger partial charge in [0.1, 0.15) is 11.9 Å². The van der Waals surface area contributed by atoms with Crippen LogP contribution in [-0.2, 0) is 28.5 Å². The van der Waals surface area contributed by atoms with Crippen molar-refractivity contribution >= 4 is 5.91 Å². The number of aromatic amines is 1. The van der Waals surface area contributed by atoms with Gasteiger partial charge in [-0.2, -0.15) is 0 Å². The van der Waals surface area contributed by atoms with Crippen LogP contribution >= 0.6 is 0 Å². The van der Waals surface area contributed by atoms with Crippen molar-refractivity contribution < 1.29 is 9.90 Å². The largest absolute Gasteiger partial charge is 0.383 e. The molecule has 6 heteroatoms. The highest BCUT2D eigenvalue weighted by Crippen LogP contribution is 2.44. The van der Waals surface area contributed by atoms with Gasteiger partial charge in [0.2, 0.25) is 0 Å². The molecule has 2 N–H and O–H groups in total. The number of likely N-dealkylation sites (tertiary alicyclic amines) is 1. The van der Waals surface area contributed by atoms with Gasteiger partial charge < -0.3 is 15.0 Å². The van der Waals surface area contributed by atoms with E-state index >= 15 is 0 Å². The molecule has 6 nitrogen and oxygen atoms in total. The van der Waals surface area contributed by atoms with Crippen molar-refractivity contribution in [1.82, 2.24) is 14.9 Å². The number of piperidine rings is 1. The van der Waals surface area contributed by atoms with Crippen LogP contribution in [0.5, 0.6) is 0 Å². The van der Waals surface area contributed by atoms with E-state index in [2.05, 4.69) is 25.8 Å². The molecule has 1 atom stereocenters. The smallest absolute Gasteiger partial charge is 0.254 e. The molecule has 1 saturated heterocycles. The zero-order valence-corrected chi connectivity index (χ0v) is 18.1. The molecule has 1 aromatic carbocycles. The molecule has 1 spiro atoms. The van der Waals surface area contributed by atoms with Gasteiger partial charge in [0, 0.05) is 35.9 Å². The van der Waals surface area contributed by atoms with Crippen LogP contribution in [0.25, 0.3) is 0 Å². The highest BCUT2D eigenvalue weighted by atomic mass is 16.3. The molecule has 2 aromatic rings. The van der Waals surface area contributed by atoms with Gasteiger partial charge in [-0.3, -0.25) is 9.59 Å². The Hall–Kier alpha value is -2.47. The molecule has 30 heavy (non-hydrogen) atoms. The maximum absolute atomic E-state index is 12.8.